The molecule has 0 spiro atoms. The second-order valence-electron chi connectivity index (χ2n) is 12.4. The topological polar surface area (TPSA) is 75.6 Å². The van der Waals surface area contributed by atoms with Crippen molar-refractivity contribution >= 4 is 21.9 Å². The van der Waals surface area contributed by atoms with Crippen molar-refractivity contribution in [2.45, 2.75) is 0 Å². The molecule has 2 aromatic heterocycles. The summed E-state index contributed by atoms with van der Waals surface area (Å²) >= 11 is 0. The Hall–Kier alpha value is -7.16. The molecule has 0 aliphatic rings. The quantitative estimate of drug-likeness (QED) is 0.179. The van der Waals surface area contributed by atoms with Crippen LogP contribution in [0, 0.1) is 11.3 Å². The molecule has 0 fully saturated rings. The van der Waals surface area contributed by atoms with Crippen molar-refractivity contribution in [1.29, 1.82) is 5.26 Å². The second kappa shape index (κ2) is 12.7. The smallest absolute Gasteiger partial charge is 0.164 e. The van der Waals surface area contributed by atoms with Crippen molar-refractivity contribution < 1.29 is 4.42 Å². The lowest BCUT2D eigenvalue weighted by atomic mass is 9.99. The van der Waals surface area contributed by atoms with E-state index < -0.39 is 0 Å². The van der Waals surface area contributed by atoms with Gasteiger partial charge < -0.3 is 4.42 Å². The molecular weight excluding hydrogens is 625 g/mol. The van der Waals surface area contributed by atoms with E-state index in [-0.39, 0.29) is 0 Å². The molecule has 5 heteroatoms. The molecule has 0 amide bonds. The molecule has 9 rings (SSSR count). The van der Waals surface area contributed by atoms with Gasteiger partial charge in [0.25, 0.3) is 0 Å². The highest BCUT2D eigenvalue weighted by Gasteiger charge is 2.17. The Morgan fingerprint density at radius 2 is 0.902 bits per heavy atom. The van der Waals surface area contributed by atoms with Crippen LogP contribution in [-0.4, -0.2) is 15.0 Å². The van der Waals surface area contributed by atoms with Gasteiger partial charge in [-0.2, -0.15) is 5.26 Å². The normalized spacial score (nSPS) is 11.1. The van der Waals surface area contributed by atoms with Crippen LogP contribution in [0.3, 0.4) is 0 Å². The number of hydrogen-bond donors (Lipinski definition) is 0. The first-order chi connectivity index (χ1) is 25.2. The van der Waals surface area contributed by atoms with E-state index in [2.05, 4.69) is 97.1 Å². The van der Waals surface area contributed by atoms with Gasteiger partial charge in [0.1, 0.15) is 11.2 Å². The van der Waals surface area contributed by atoms with Crippen molar-refractivity contribution in [2.24, 2.45) is 0 Å². The molecule has 238 valence electrons. The number of benzene rings is 7. The molecule has 2 heterocycles. The van der Waals surface area contributed by atoms with E-state index in [9.17, 15) is 5.26 Å². The number of hydrogen-bond acceptors (Lipinski definition) is 5. The summed E-state index contributed by atoms with van der Waals surface area (Å²) in [6, 6.07) is 59.3. The fraction of sp³-hybridized carbons (Fsp3) is 0. The Bertz CT molecular complexity index is 2730. The fourth-order valence-electron chi connectivity index (χ4n) is 6.60. The van der Waals surface area contributed by atoms with Crippen LogP contribution in [-0.2, 0) is 0 Å². The minimum atomic E-state index is 0.552. The largest absolute Gasteiger partial charge is 0.456 e. The van der Waals surface area contributed by atoms with Crippen LogP contribution in [0.25, 0.3) is 89.5 Å². The standard InChI is InChI=1S/C46H28N4O/c47-29-30-17-19-33(20-18-30)36-13-7-14-37(27-36)45-48-44(35-23-21-32(22-24-35)31-9-3-1-4-10-31)49-46(50-45)38-25-26-40-42(28-38)51-41-16-8-15-39(43(40)41)34-11-5-2-6-12-34/h1-28H. The van der Waals surface area contributed by atoms with E-state index in [0.717, 1.165) is 72.0 Å². The van der Waals surface area contributed by atoms with Crippen LogP contribution in [0.4, 0.5) is 0 Å². The highest BCUT2D eigenvalue weighted by Crippen LogP contribution is 2.38. The third-order valence-electron chi connectivity index (χ3n) is 9.19. The lowest BCUT2D eigenvalue weighted by Gasteiger charge is -2.10. The summed E-state index contributed by atoms with van der Waals surface area (Å²) in [5.41, 5.74) is 11.4. The van der Waals surface area contributed by atoms with Crippen LogP contribution in [0.2, 0.25) is 0 Å². The van der Waals surface area contributed by atoms with Gasteiger partial charge in [0.2, 0.25) is 0 Å². The van der Waals surface area contributed by atoms with Gasteiger partial charge in [0, 0.05) is 27.5 Å². The van der Waals surface area contributed by atoms with Gasteiger partial charge >= 0.3 is 0 Å². The molecule has 0 aliphatic carbocycles. The predicted octanol–water partition coefficient (Wildman–Crippen LogP) is 11.6. The van der Waals surface area contributed by atoms with Crippen molar-refractivity contribution in [1.82, 2.24) is 15.0 Å². The van der Waals surface area contributed by atoms with Crippen LogP contribution >= 0.6 is 0 Å². The van der Waals surface area contributed by atoms with E-state index in [1.54, 1.807) is 0 Å². The number of rotatable bonds is 6. The van der Waals surface area contributed by atoms with E-state index in [0.29, 0.717) is 23.0 Å². The van der Waals surface area contributed by atoms with Crippen molar-refractivity contribution in [2.75, 3.05) is 0 Å². The van der Waals surface area contributed by atoms with Gasteiger partial charge in [-0.15, -0.1) is 0 Å². The van der Waals surface area contributed by atoms with E-state index >= 15 is 0 Å². The molecule has 0 bridgehead atoms. The van der Waals surface area contributed by atoms with Crippen LogP contribution in [0.15, 0.2) is 174 Å². The molecule has 0 N–H and O–H groups in total. The van der Waals surface area contributed by atoms with Crippen molar-refractivity contribution in [3.05, 3.63) is 175 Å². The fourth-order valence-corrected chi connectivity index (χ4v) is 6.60. The van der Waals surface area contributed by atoms with Crippen molar-refractivity contribution in [3.63, 3.8) is 0 Å². The second-order valence-corrected chi connectivity index (χ2v) is 12.4. The number of nitriles is 1. The Labute approximate surface area is 294 Å². The summed E-state index contributed by atoms with van der Waals surface area (Å²) in [6.45, 7) is 0. The summed E-state index contributed by atoms with van der Waals surface area (Å²) in [4.78, 5) is 15.1. The maximum absolute atomic E-state index is 9.28. The molecule has 0 atom stereocenters. The summed E-state index contributed by atoms with van der Waals surface area (Å²) in [7, 11) is 0. The Kier molecular flexibility index (Phi) is 7.46. The Morgan fingerprint density at radius 1 is 0.392 bits per heavy atom. The van der Waals surface area contributed by atoms with E-state index in [4.69, 9.17) is 19.4 Å². The third-order valence-corrected chi connectivity index (χ3v) is 9.19. The zero-order valence-electron chi connectivity index (χ0n) is 27.4. The first-order valence-electron chi connectivity index (χ1n) is 16.7. The van der Waals surface area contributed by atoms with Crippen LogP contribution in [0.1, 0.15) is 5.56 Å². The maximum atomic E-state index is 9.28. The van der Waals surface area contributed by atoms with Gasteiger partial charge in [0.15, 0.2) is 17.5 Å². The monoisotopic (exact) mass is 652 g/mol. The molecule has 51 heavy (non-hydrogen) atoms. The Balaban J connectivity index is 1.18. The molecule has 0 unspecified atom stereocenters. The van der Waals surface area contributed by atoms with Gasteiger partial charge in [-0.3, -0.25) is 0 Å². The average Bonchev–Trinajstić information content (AvgIpc) is 3.60. The number of aromatic nitrogens is 3. The first kappa shape index (κ1) is 29.9. The van der Waals surface area contributed by atoms with Gasteiger partial charge in [0.05, 0.1) is 11.6 Å². The molecule has 0 radical (unpaired) electrons. The summed E-state index contributed by atoms with van der Waals surface area (Å²) in [5, 5.41) is 11.4. The number of fused-ring (bicyclic) bond motifs is 3. The highest BCUT2D eigenvalue weighted by molar-refractivity contribution is 6.13. The predicted molar refractivity (Wildman–Crippen MR) is 204 cm³/mol. The number of furan rings is 1. The van der Waals surface area contributed by atoms with Crippen LogP contribution < -0.4 is 0 Å². The van der Waals surface area contributed by atoms with Crippen molar-refractivity contribution in [3.8, 4) is 73.6 Å². The zero-order valence-corrected chi connectivity index (χ0v) is 27.4. The Morgan fingerprint density at radius 3 is 1.61 bits per heavy atom. The molecule has 0 saturated heterocycles. The summed E-state index contributed by atoms with van der Waals surface area (Å²) in [5.74, 6) is 1.69. The molecule has 5 nitrogen and oxygen atoms in total. The molecule has 7 aromatic carbocycles. The SMILES string of the molecule is N#Cc1ccc(-c2cccc(-c3nc(-c4ccc(-c5ccccc5)cc4)nc(-c4ccc5c(c4)oc4cccc(-c6ccccc6)c45)n3)c2)cc1. The lowest BCUT2D eigenvalue weighted by Crippen LogP contribution is -2.00. The molecule has 0 aliphatic heterocycles. The minimum absolute atomic E-state index is 0.552. The van der Waals surface area contributed by atoms with Gasteiger partial charge in [-0.05, 0) is 69.8 Å². The molecular formula is C46H28N4O. The van der Waals surface area contributed by atoms with Gasteiger partial charge in [-0.25, -0.2) is 15.0 Å². The first-order valence-corrected chi connectivity index (χ1v) is 16.7. The molecule has 0 saturated carbocycles. The molecule has 9 aromatic rings. The maximum Gasteiger partial charge on any atom is 0.164 e. The zero-order chi connectivity index (χ0) is 34.1. The third kappa shape index (κ3) is 5.71. The van der Waals surface area contributed by atoms with E-state index in [1.165, 1.54) is 0 Å². The average molecular weight is 653 g/mol. The van der Waals surface area contributed by atoms with E-state index in [1.807, 2.05) is 78.9 Å². The number of nitrogens with zero attached hydrogens (tertiary/aromatic N) is 4. The highest BCUT2D eigenvalue weighted by atomic mass is 16.3. The van der Waals surface area contributed by atoms with Crippen LogP contribution in [0.5, 0.6) is 0 Å². The minimum Gasteiger partial charge on any atom is -0.456 e. The summed E-state index contributed by atoms with van der Waals surface area (Å²) < 4.78 is 6.45. The lowest BCUT2D eigenvalue weighted by molar-refractivity contribution is 0.669. The van der Waals surface area contributed by atoms with Gasteiger partial charge in [-0.1, -0.05) is 133 Å². The summed E-state index contributed by atoms with van der Waals surface area (Å²) in [6.07, 6.45) is 0.